The van der Waals surface area contributed by atoms with E-state index in [0.29, 0.717) is 0 Å². The van der Waals surface area contributed by atoms with Gasteiger partial charge in [-0.15, -0.1) is 0 Å². The highest BCUT2D eigenvalue weighted by Crippen LogP contribution is 2.54. The summed E-state index contributed by atoms with van der Waals surface area (Å²) in [7, 11) is -8.95. The van der Waals surface area contributed by atoms with E-state index in [9.17, 15) is 44.3 Å². The molecule has 2 heterocycles. The van der Waals surface area contributed by atoms with Crippen LogP contribution in [0.25, 0.3) is 0 Å². The van der Waals surface area contributed by atoms with Crippen LogP contribution in [-0.2, 0) is 40.7 Å². The lowest BCUT2D eigenvalue weighted by Gasteiger charge is -2.30. The molecule has 0 aromatic heterocycles. The number of benzene rings is 2. The third-order valence-electron chi connectivity index (χ3n) is 11.6. The molecule has 0 saturated heterocycles. The van der Waals surface area contributed by atoms with Crippen molar-refractivity contribution in [2.75, 3.05) is 29.5 Å². The summed E-state index contributed by atoms with van der Waals surface area (Å²) in [6.45, 7) is 2.25. The Kier molecular flexibility index (Phi) is 16.8. The number of carboxylic acids is 2. The quantitative estimate of drug-likeness (QED) is 0.0197. The minimum absolute atomic E-state index is 0.0257. The number of carboxylic acid groups (broad SMARTS) is 2. The molecule has 2 aliphatic rings. The smallest absolute Gasteiger partial charge is 0.303 e. The number of carbonyl (C=O) groups is 2. The number of nitrogens with zero attached hydrogens (tertiary/aromatic N) is 2. The monoisotopic (exact) mass is 945 g/mol. The zero-order valence-corrected chi connectivity index (χ0v) is 36.1. The largest absolute Gasteiger partial charge is 0.481 e. The van der Waals surface area contributed by atoms with Gasteiger partial charge in [-0.1, -0.05) is 25.3 Å². The minimum Gasteiger partial charge on any atom is -0.481 e. The van der Waals surface area contributed by atoms with E-state index >= 15 is 26.3 Å². The van der Waals surface area contributed by atoms with Gasteiger partial charge < -0.3 is 15.1 Å². The molecule has 2 aromatic carbocycles. The molecule has 2 aromatic rings. The van der Waals surface area contributed by atoms with Crippen molar-refractivity contribution >= 4 is 49.3 Å². The van der Waals surface area contributed by atoms with E-state index in [1.165, 1.54) is 32.1 Å². The number of fused-ring (bicyclic) bond motifs is 2. The first-order valence-corrected chi connectivity index (χ1v) is 23.4. The molecule has 2 atom stereocenters. The molecule has 12 nitrogen and oxygen atoms in total. The number of unbranched alkanes of at least 4 members (excludes halogenated alkanes) is 6. The fraction of sp³-hybridized carbons (Fsp3) is 0.537. The zero-order valence-electron chi connectivity index (χ0n) is 34.4. The van der Waals surface area contributed by atoms with Crippen molar-refractivity contribution in [1.82, 2.24) is 0 Å². The van der Waals surface area contributed by atoms with Crippen LogP contribution in [0.3, 0.4) is 0 Å². The second-order valence-electron chi connectivity index (χ2n) is 16.1. The van der Waals surface area contributed by atoms with Gasteiger partial charge in [0.05, 0.1) is 28.2 Å². The summed E-state index contributed by atoms with van der Waals surface area (Å²) in [4.78, 5) is 23.4. The summed E-state index contributed by atoms with van der Waals surface area (Å²) < 4.78 is 190. The SMILES string of the molecule is CC1(CCCCS(=O)(=O)O)C(/C=C/C=C2/N(CCCCCC(=O)O)c3c(F)c(F)c(F)c(F)c3C2(C)CCCCS(=O)(=O)O)=[N+](CCCCCC(=O)O)c2c(F)c(F)c(F)c(F)c21. The van der Waals surface area contributed by atoms with Gasteiger partial charge in [-0.3, -0.25) is 18.7 Å². The highest BCUT2D eigenvalue weighted by atomic mass is 32.2. The van der Waals surface area contributed by atoms with E-state index in [-0.39, 0.29) is 114 Å². The molecular weight excluding hydrogens is 897 g/mol. The van der Waals surface area contributed by atoms with Gasteiger partial charge >= 0.3 is 11.9 Å². The Bertz CT molecular complexity index is 2430. The van der Waals surface area contributed by atoms with Crippen molar-refractivity contribution in [2.45, 2.75) is 115 Å². The van der Waals surface area contributed by atoms with E-state index in [1.54, 1.807) is 0 Å². The molecule has 0 saturated carbocycles. The van der Waals surface area contributed by atoms with Crippen molar-refractivity contribution in [1.29, 1.82) is 0 Å². The molecule has 0 aliphatic carbocycles. The average molecular weight is 946 g/mol. The van der Waals surface area contributed by atoms with Crippen LogP contribution in [0.1, 0.15) is 115 Å². The topological polar surface area (TPSA) is 190 Å². The first kappa shape index (κ1) is 51.2. The number of anilines is 1. The summed E-state index contributed by atoms with van der Waals surface area (Å²) in [5.74, 6) is -19.3. The Morgan fingerprint density at radius 2 is 1.08 bits per heavy atom. The maximum Gasteiger partial charge on any atom is 0.303 e. The molecule has 0 fully saturated rings. The summed E-state index contributed by atoms with van der Waals surface area (Å²) in [5.41, 5.74) is -6.30. The molecule has 0 radical (unpaired) electrons. The number of halogens is 8. The Hall–Kier alpha value is -4.41. The Morgan fingerprint density at radius 1 is 0.603 bits per heavy atom. The van der Waals surface area contributed by atoms with Gasteiger partial charge in [0.2, 0.25) is 11.6 Å². The van der Waals surface area contributed by atoms with E-state index in [4.69, 9.17) is 10.2 Å². The van der Waals surface area contributed by atoms with Crippen LogP contribution in [-0.4, -0.2) is 83.0 Å². The Morgan fingerprint density at radius 3 is 1.60 bits per heavy atom. The van der Waals surface area contributed by atoms with Gasteiger partial charge in [0.25, 0.3) is 25.9 Å². The normalized spacial score (nSPS) is 19.5. The van der Waals surface area contributed by atoms with Crippen LogP contribution in [0.4, 0.5) is 46.5 Å². The van der Waals surface area contributed by atoms with Crippen LogP contribution >= 0.6 is 0 Å². The summed E-state index contributed by atoms with van der Waals surface area (Å²) in [5, 5.41) is 18.2. The molecule has 22 heteroatoms. The number of hydrogen-bond donors (Lipinski definition) is 4. The second-order valence-corrected chi connectivity index (χ2v) is 19.3. The lowest BCUT2D eigenvalue weighted by atomic mass is 9.74. The first-order valence-electron chi connectivity index (χ1n) is 20.2. The van der Waals surface area contributed by atoms with E-state index in [0.717, 1.165) is 9.48 Å². The summed E-state index contributed by atoms with van der Waals surface area (Å²) in [6, 6.07) is 0. The second kappa shape index (κ2) is 20.6. The highest BCUT2D eigenvalue weighted by molar-refractivity contribution is 7.86. The van der Waals surface area contributed by atoms with Gasteiger partial charge in [-0.25, -0.2) is 30.7 Å². The first-order chi connectivity index (χ1) is 29.3. The van der Waals surface area contributed by atoms with Crippen molar-refractivity contribution < 1.29 is 85.4 Å². The number of aliphatic carboxylic acids is 2. The maximum atomic E-state index is 16.0. The molecule has 63 heavy (non-hydrogen) atoms. The van der Waals surface area contributed by atoms with Gasteiger partial charge in [0.1, 0.15) is 6.54 Å². The molecule has 0 spiro atoms. The van der Waals surface area contributed by atoms with Gasteiger partial charge in [-0.2, -0.15) is 25.8 Å². The number of hydrogen-bond acceptors (Lipinski definition) is 7. The Balaban J connectivity index is 1.97. The third-order valence-corrected chi connectivity index (χ3v) is 13.2. The lowest BCUT2D eigenvalue weighted by molar-refractivity contribution is -0.441. The standard InChI is InChI=1S/C41H48F8N2O10S2/c1-40(18-7-11-22-62(56,57)58)24(50(20-9-3-5-16-26(52)53)38-28(40)30(42)32(44)34(46)36(38)48)14-13-15-25-41(2,19-8-12-23-63(59,60)61)29-31(43)33(45)35(47)37(49)39(29)51(25)21-10-4-6-17-27(54)55/h13-15H,3-12,16-23H2,1-2H3,(H3-,52,53,54,55,56,57,58,59,60,61)/p+1. The predicted molar refractivity (Wildman–Crippen MR) is 214 cm³/mol. The number of allylic oxidation sites excluding steroid dienone is 4. The van der Waals surface area contributed by atoms with E-state index in [1.807, 2.05) is 0 Å². The van der Waals surface area contributed by atoms with Crippen molar-refractivity contribution in [3.8, 4) is 0 Å². The third kappa shape index (κ3) is 11.7. The van der Waals surface area contributed by atoms with Crippen molar-refractivity contribution in [3.05, 3.63) is 81.6 Å². The molecule has 4 rings (SSSR count). The van der Waals surface area contributed by atoms with Gasteiger partial charge in [-0.05, 0) is 71.3 Å². The fourth-order valence-electron chi connectivity index (χ4n) is 8.57. The highest BCUT2D eigenvalue weighted by Gasteiger charge is 2.53. The molecule has 2 unspecified atom stereocenters. The van der Waals surface area contributed by atoms with Crippen LogP contribution < -0.4 is 4.90 Å². The van der Waals surface area contributed by atoms with Crippen LogP contribution in [0.5, 0.6) is 0 Å². The van der Waals surface area contributed by atoms with Crippen molar-refractivity contribution in [3.63, 3.8) is 0 Å². The molecule has 4 N–H and O–H groups in total. The van der Waals surface area contributed by atoms with E-state index < -0.39 is 124 Å². The van der Waals surface area contributed by atoms with Crippen LogP contribution in [0.2, 0.25) is 0 Å². The summed E-state index contributed by atoms with van der Waals surface area (Å²) >= 11 is 0. The van der Waals surface area contributed by atoms with Gasteiger partial charge in [0.15, 0.2) is 40.6 Å². The molecule has 0 amide bonds. The van der Waals surface area contributed by atoms with E-state index in [2.05, 4.69) is 0 Å². The predicted octanol–water partition coefficient (Wildman–Crippen LogP) is 8.78. The lowest BCUT2D eigenvalue weighted by Crippen LogP contribution is -2.33. The van der Waals surface area contributed by atoms with Crippen LogP contribution in [0, 0.1) is 46.5 Å². The number of rotatable bonds is 24. The Labute approximate surface area is 359 Å². The molecular formula is C41H49F8N2O10S2+. The van der Waals surface area contributed by atoms with Crippen LogP contribution in [0.15, 0.2) is 23.9 Å². The van der Waals surface area contributed by atoms with Gasteiger partial charge in [0, 0.05) is 48.6 Å². The zero-order chi connectivity index (χ0) is 47.2. The maximum absolute atomic E-state index is 16.0. The fourth-order valence-corrected chi connectivity index (χ4v) is 9.71. The minimum atomic E-state index is -4.48. The van der Waals surface area contributed by atoms with Crippen molar-refractivity contribution in [2.24, 2.45) is 0 Å². The molecule has 350 valence electrons. The molecule has 0 bridgehead atoms. The molecule has 2 aliphatic heterocycles. The average Bonchev–Trinajstić information content (AvgIpc) is 3.57. The summed E-state index contributed by atoms with van der Waals surface area (Å²) in [6.07, 6.45) is 3.10.